The van der Waals surface area contributed by atoms with E-state index in [1.807, 2.05) is 23.6 Å². The first kappa shape index (κ1) is 11.3. The number of benzene rings is 1. The van der Waals surface area contributed by atoms with Crippen LogP contribution in [0.3, 0.4) is 0 Å². The van der Waals surface area contributed by atoms with Gasteiger partial charge >= 0.3 is 0 Å². The Morgan fingerprint density at radius 3 is 2.74 bits per heavy atom. The van der Waals surface area contributed by atoms with E-state index in [4.69, 9.17) is 9.47 Å². The molecule has 3 heterocycles. The minimum absolute atomic E-state index is 0.590. The largest absolute Gasteiger partial charge is 0.486 e. The molecule has 0 atom stereocenters. The molecule has 0 fully saturated rings. The van der Waals surface area contributed by atoms with E-state index in [-0.39, 0.29) is 0 Å². The van der Waals surface area contributed by atoms with Crippen molar-refractivity contribution in [3.8, 4) is 22.2 Å². The van der Waals surface area contributed by atoms with Gasteiger partial charge in [-0.25, -0.2) is 4.98 Å². The summed E-state index contributed by atoms with van der Waals surface area (Å²) in [6.45, 7) is 1.18. The van der Waals surface area contributed by atoms with E-state index < -0.39 is 0 Å². The summed E-state index contributed by atoms with van der Waals surface area (Å²) in [5.41, 5.74) is 1.85. The molecule has 1 aliphatic heterocycles. The van der Waals surface area contributed by atoms with Gasteiger partial charge in [-0.05, 0) is 27.4 Å². The van der Waals surface area contributed by atoms with Crippen LogP contribution in [0.5, 0.6) is 11.5 Å². The zero-order valence-corrected chi connectivity index (χ0v) is 12.2. The van der Waals surface area contributed by atoms with E-state index in [2.05, 4.69) is 25.9 Å². The van der Waals surface area contributed by atoms with Crippen molar-refractivity contribution in [3.63, 3.8) is 0 Å². The zero-order valence-electron chi connectivity index (χ0n) is 9.77. The van der Waals surface area contributed by atoms with E-state index in [9.17, 15) is 0 Å². The lowest BCUT2D eigenvalue weighted by atomic mass is 10.2. The molecule has 19 heavy (non-hydrogen) atoms. The molecule has 0 saturated heterocycles. The van der Waals surface area contributed by atoms with Gasteiger partial charge in [0.05, 0.1) is 15.9 Å². The maximum Gasteiger partial charge on any atom is 0.163 e. The number of aromatic nitrogens is 2. The highest BCUT2D eigenvalue weighted by Gasteiger charge is 2.16. The van der Waals surface area contributed by atoms with Gasteiger partial charge in [0.1, 0.15) is 19.0 Å². The summed E-state index contributed by atoms with van der Waals surface area (Å²) in [6.07, 6.45) is 0. The Hall–Kier alpha value is -1.53. The first-order chi connectivity index (χ1) is 9.31. The molecule has 4 nitrogen and oxygen atoms in total. The summed E-state index contributed by atoms with van der Waals surface area (Å²) >= 11 is 5.17. The number of H-pyrrole nitrogens is 1. The molecule has 0 unspecified atom stereocenters. The van der Waals surface area contributed by atoms with E-state index >= 15 is 0 Å². The summed E-state index contributed by atoms with van der Waals surface area (Å²) in [4.78, 5) is 9.03. The summed E-state index contributed by atoms with van der Waals surface area (Å²) in [7, 11) is 0. The van der Waals surface area contributed by atoms with Crippen molar-refractivity contribution in [2.45, 2.75) is 0 Å². The van der Waals surface area contributed by atoms with Gasteiger partial charge in [0.25, 0.3) is 0 Å². The molecule has 6 heteroatoms. The minimum Gasteiger partial charge on any atom is -0.486 e. The third kappa shape index (κ3) is 1.82. The molecule has 0 spiro atoms. The molecule has 1 N–H and O–H groups in total. The minimum atomic E-state index is 0.590. The Bertz CT molecular complexity index is 722. The number of fused-ring (bicyclic) bond motifs is 2. The number of hydrogen-bond donors (Lipinski definition) is 1. The Morgan fingerprint density at radius 2 is 2.00 bits per heavy atom. The number of thiophene rings is 1. The van der Waals surface area contributed by atoms with Gasteiger partial charge < -0.3 is 14.5 Å². The molecule has 0 bridgehead atoms. The highest BCUT2D eigenvalue weighted by Crippen LogP contribution is 2.37. The lowest BCUT2D eigenvalue weighted by Gasteiger charge is -2.17. The highest BCUT2D eigenvalue weighted by atomic mass is 79.9. The van der Waals surface area contributed by atoms with Crippen LogP contribution in [0.1, 0.15) is 0 Å². The second-order valence-electron chi connectivity index (χ2n) is 4.20. The van der Waals surface area contributed by atoms with Crippen LogP contribution in [0.15, 0.2) is 28.1 Å². The molecule has 0 aliphatic carbocycles. The van der Waals surface area contributed by atoms with Crippen LogP contribution in [0.2, 0.25) is 0 Å². The van der Waals surface area contributed by atoms with Gasteiger partial charge in [-0.15, -0.1) is 11.3 Å². The molecule has 4 rings (SSSR count). The fraction of sp³-hybridized carbons (Fsp3) is 0.154. The van der Waals surface area contributed by atoms with Gasteiger partial charge in [0, 0.05) is 16.6 Å². The number of ether oxygens (including phenoxy) is 2. The summed E-state index contributed by atoms with van der Waals surface area (Å²) < 4.78 is 12.2. The molecule has 0 saturated carbocycles. The molecule has 3 aromatic rings. The third-order valence-electron chi connectivity index (χ3n) is 2.98. The maximum atomic E-state index is 5.58. The van der Waals surface area contributed by atoms with Crippen molar-refractivity contribution in [3.05, 3.63) is 28.1 Å². The normalized spacial score (nSPS) is 13.9. The summed E-state index contributed by atoms with van der Waals surface area (Å²) in [5.74, 6) is 2.40. The van der Waals surface area contributed by atoms with Crippen LogP contribution >= 0.6 is 27.3 Å². The third-order valence-corrected chi connectivity index (χ3v) is 4.82. The van der Waals surface area contributed by atoms with Gasteiger partial charge in [0.15, 0.2) is 11.5 Å². The number of nitrogens with one attached hydrogen (secondary N) is 1. The molecule has 0 amide bonds. The number of rotatable bonds is 1. The summed E-state index contributed by atoms with van der Waals surface area (Å²) in [5, 5.41) is 2.03. The lowest BCUT2D eigenvalue weighted by Crippen LogP contribution is -2.15. The Labute approximate surface area is 121 Å². The van der Waals surface area contributed by atoms with Gasteiger partial charge in [-0.1, -0.05) is 0 Å². The fourth-order valence-corrected chi connectivity index (χ4v) is 3.62. The number of nitrogens with zero attached hydrogens (tertiary/aromatic N) is 1. The average molecular weight is 337 g/mol. The van der Waals surface area contributed by atoms with Crippen molar-refractivity contribution in [2.75, 3.05) is 13.2 Å². The summed E-state index contributed by atoms with van der Waals surface area (Å²) in [6, 6.07) is 5.89. The van der Waals surface area contributed by atoms with Crippen LogP contribution in [-0.4, -0.2) is 23.2 Å². The van der Waals surface area contributed by atoms with Crippen LogP contribution in [0.25, 0.3) is 21.7 Å². The van der Waals surface area contributed by atoms with E-state index in [0.29, 0.717) is 13.2 Å². The molecular weight excluding hydrogens is 328 g/mol. The monoisotopic (exact) mass is 336 g/mol. The Morgan fingerprint density at radius 1 is 1.21 bits per heavy atom. The molecular formula is C13H9BrN2O2S. The highest BCUT2D eigenvalue weighted by molar-refractivity contribution is 9.10. The fourth-order valence-electron chi connectivity index (χ4n) is 2.12. The number of imidazole rings is 1. The number of hydrogen-bond acceptors (Lipinski definition) is 4. The quantitative estimate of drug-likeness (QED) is 0.734. The van der Waals surface area contributed by atoms with Crippen LogP contribution in [0.4, 0.5) is 0 Å². The van der Waals surface area contributed by atoms with Crippen LogP contribution in [0, 0.1) is 0 Å². The maximum absolute atomic E-state index is 5.58. The van der Waals surface area contributed by atoms with Crippen molar-refractivity contribution >= 4 is 38.3 Å². The number of aromatic amines is 1. The molecule has 96 valence electrons. The second kappa shape index (κ2) is 4.25. The standard InChI is InChI=1S/C13H9BrN2O2S/c14-7-1-4-19-12(7)13-15-8-5-10-11(6-9(8)16-13)18-3-2-17-10/h1,4-6H,2-3H2,(H,15,16). The van der Waals surface area contributed by atoms with Crippen molar-refractivity contribution in [2.24, 2.45) is 0 Å². The van der Waals surface area contributed by atoms with Crippen LogP contribution in [-0.2, 0) is 0 Å². The van der Waals surface area contributed by atoms with Gasteiger partial charge in [0.2, 0.25) is 0 Å². The molecule has 1 aliphatic rings. The molecule has 0 radical (unpaired) electrons. The first-order valence-corrected chi connectivity index (χ1v) is 7.51. The topological polar surface area (TPSA) is 47.1 Å². The van der Waals surface area contributed by atoms with Crippen LogP contribution < -0.4 is 9.47 Å². The average Bonchev–Trinajstić information content (AvgIpc) is 3.01. The van der Waals surface area contributed by atoms with E-state index in [1.165, 1.54) is 0 Å². The van der Waals surface area contributed by atoms with Crippen molar-refractivity contribution in [1.29, 1.82) is 0 Å². The molecule has 1 aromatic carbocycles. The van der Waals surface area contributed by atoms with E-state index in [0.717, 1.165) is 37.7 Å². The Kier molecular flexibility index (Phi) is 2.53. The van der Waals surface area contributed by atoms with Crippen molar-refractivity contribution < 1.29 is 9.47 Å². The smallest absolute Gasteiger partial charge is 0.163 e. The molecule has 2 aromatic heterocycles. The first-order valence-electron chi connectivity index (χ1n) is 5.84. The van der Waals surface area contributed by atoms with E-state index in [1.54, 1.807) is 11.3 Å². The zero-order chi connectivity index (χ0) is 12.8. The SMILES string of the molecule is Brc1ccsc1-c1nc2cc3c(cc2[nH]1)OCCO3. The predicted octanol–water partition coefficient (Wildman–Crippen LogP) is 3.83. The van der Waals surface area contributed by atoms with Gasteiger partial charge in [-0.2, -0.15) is 0 Å². The second-order valence-corrected chi connectivity index (χ2v) is 5.97. The van der Waals surface area contributed by atoms with Crippen molar-refractivity contribution in [1.82, 2.24) is 9.97 Å². The Balaban J connectivity index is 1.90. The number of halogens is 1. The predicted molar refractivity (Wildman–Crippen MR) is 78.1 cm³/mol. The lowest BCUT2D eigenvalue weighted by molar-refractivity contribution is 0.172. The van der Waals surface area contributed by atoms with Gasteiger partial charge in [-0.3, -0.25) is 0 Å².